The van der Waals surface area contributed by atoms with E-state index in [0.29, 0.717) is 37.4 Å². The summed E-state index contributed by atoms with van der Waals surface area (Å²) in [5.74, 6) is 2.36. The van der Waals surface area contributed by atoms with Crippen LogP contribution in [-0.4, -0.2) is 53.6 Å². The van der Waals surface area contributed by atoms with Crippen LogP contribution < -0.4 is 14.8 Å². The molecule has 2 fully saturated rings. The molecule has 0 spiro atoms. The van der Waals surface area contributed by atoms with E-state index < -0.39 is 6.04 Å². The molecule has 8 heteroatoms. The first kappa shape index (κ1) is 21.2. The first-order valence-electron chi connectivity index (χ1n) is 10.8. The molecule has 2 amide bonds. The lowest BCUT2D eigenvalue weighted by Gasteiger charge is -2.32. The number of methoxy groups -OCH3 is 2. The Morgan fingerprint density at radius 1 is 1.03 bits per heavy atom. The molecule has 1 aromatic carbocycles. The second-order valence-corrected chi connectivity index (χ2v) is 8.36. The summed E-state index contributed by atoms with van der Waals surface area (Å²) < 4.78 is 12.7. The van der Waals surface area contributed by atoms with Crippen molar-refractivity contribution in [1.29, 1.82) is 0 Å². The highest BCUT2D eigenvalue weighted by Crippen LogP contribution is 2.33. The highest BCUT2D eigenvalue weighted by atomic mass is 16.5. The Kier molecular flexibility index (Phi) is 6.15. The fraction of sp³-hybridized carbons (Fsp3) is 0.522. The number of imidazole rings is 1. The zero-order valence-electron chi connectivity index (χ0n) is 18.3. The molecule has 1 N–H and O–H groups in total. The van der Waals surface area contributed by atoms with Crippen molar-refractivity contribution in [3.05, 3.63) is 42.0 Å². The minimum absolute atomic E-state index is 0.0201. The zero-order valence-corrected chi connectivity index (χ0v) is 18.3. The standard InChI is InChI=1S/C23H30N4O4/c1-26-11-8-24-21(26)20(17-12-18(30-2)14-19(13-17)31-3)25-22(28)15-6-9-27(10-7-15)23(29)16-4-5-16/h8,11-16,20H,4-7,9-10H2,1-3H3,(H,25,28)/t20-/m1/s1. The van der Waals surface area contributed by atoms with Gasteiger partial charge in [0, 0.05) is 50.4 Å². The molecule has 1 aliphatic heterocycles. The minimum atomic E-state index is -0.442. The topological polar surface area (TPSA) is 85.7 Å². The number of rotatable bonds is 7. The molecule has 1 saturated heterocycles. The van der Waals surface area contributed by atoms with Crippen LogP contribution in [0.3, 0.4) is 0 Å². The van der Waals surface area contributed by atoms with Crippen molar-refractivity contribution in [3.8, 4) is 11.5 Å². The third-order valence-electron chi connectivity index (χ3n) is 6.21. The first-order chi connectivity index (χ1) is 15.0. The second kappa shape index (κ2) is 8.99. The van der Waals surface area contributed by atoms with Crippen LogP contribution in [0.15, 0.2) is 30.6 Å². The van der Waals surface area contributed by atoms with Gasteiger partial charge >= 0.3 is 0 Å². The predicted molar refractivity (Wildman–Crippen MR) is 115 cm³/mol. The summed E-state index contributed by atoms with van der Waals surface area (Å²) in [6, 6.07) is 5.13. The maximum absolute atomic E-state index is 13.2. The molecule has 2 aliphatic rings. The Balaban J connectivity index is 1.51. The summed E-state index contributed by atoms with van der Waals surface area (Å²) in [5, 5.41) is 3.19. The van der Waals surface area contributed by atoms with Gasteiger partial charge in [-0.25, -0.2) is 4.98 Å². The number of amides is 2. The SMILES string of the molecule is COc1cc(OC)cc([C@@H](NC(=O)C2CCN(C(=O)C3CC3)CC2)c2nccn2C)c1. The van der Waals surface area contributed by atoms with Gasteiger partial charge in [0.15, 0.2) is 0 Å². The molecule has 0 radical (unpaired) electrons. The van der Waals surface area contributed by atoms with Gasteiger partial charge < -0.3 is 24.3 Å². The number of piperidine rings is 1. The average Bonchev–Trinajstić information content (AvgIpc) is 3.57. The van der Waals surface area contributed by atoms with Crippen LogP contribution in [0.4, 0.5) is 0 Å². The van der Waals surface area contributed by atoms with Gasteiger partial charge in [-0.2, -0.15) is 0 Å². The van der Waals surface area contributed by atoms with Crippen LogP contribution in [-0.2, 0) is 16.6 Å². The molecule has 1 atom stereocenters. The molecule has 2 heterocycles. The Morgan fingerprint density at radius 3 is 2.19 bits per heavy atom. The molecule has 31 heavy (non-hydrogen) atoms. The van der Waals surface area contributed by atoms with Crippen molar-refractivity contribution in [2.24, 2.45) is 18.9 Å². The molecule has 1 saturated carbocycles. The molecule has 1 aliphatic carbocycles. The molecule has 166 valence electrons. The highest BCUT2D eigenvalue weighted by Gasteiger charge is 2.36. The fourth-order valence-corrected chi connectivity index (χ4v) is 4.16. The highest BCUT2D eigenvalue weighted by molar-refractivity contribution is 5.82. The number of aromatic nitrogens is 2. The molecule has 0 bridgehead atoms. The molecular weight excluding hydrogens is 396 g/mol. The molecule has 1 aromatic heterocycles. The lowest BCUT2D eigenvalue weighted by Crippen LogP contribution is -2.44. The van der Waals surface area contributed by atoms with Gasteiger partial charge in [0.05, 0.1) is 14.2 Å². The monoisotopic (exact) mass is 426 g/mol. The Labute approximate surface area is 182 Å². The van der Waals surface area contributed by atoms with Crippen molar-refractivity contribution in [3.63, 3.8) is 0 Å². The number of nitrogens with one attached hydrogen (secondary N) is 1. The van der Waals surface area contributed by atoms with Gasteiger partial charge in [-0.3, -0.25) is 9.59 Å². The van der Waals surface area contributed by atoms with E-state index in [1.54, 1.807) is 26.5 Å². The van der Waals surface area contributed by atoms with Gasteiger partial charge in [-0.15, -0.1) is 0 Å². The second-order valence-electron chi connectivity index (χ2n) is 8.36. The number of benzene rings is 1. The third-order valence-corrected chi connectivity index (χ3v) is 6.21. The zero-order chi connectivity index (χ0) is 22.0. The van der Waals surface area contributed by atoms with Gasteiger partial charge in [-0.1, -0.05) is 0 Å². The quantitative estimate of drug-likeness (QED) is 0.734. The van der Waals surface area contributed by atoms with Crippen molar-refractivity contribution in [2.45, 2.75) is 31.7 Å². The summed E-state index contributed by atoms with van der Waals surface area (Å²) in [5.41, 5.74) is 0.834. The Morgan fingerprint density at radius 2 is 1.68 bits per heavy atom. The van der Waals surface area contributed by atoms with Crippen molar-refractivity contribution < 1.29 is 19.1 Å². The van der Waals surface area contributed by atoms with E-state index in [2.05, 4.69) is 10.3 Å². The molecule has 0 unspecified atom stereocenters. The predicted octanol–water partition coefficient (Wildman–Crippen LogP) is 2.29. The van der Waals surface area contributed by atoms with Crippen LogP contribution in [0.2, 0.25) is 0 Å². The van der Waals surface area contributed by atoms with E-state index in [1.165, 1.54) is 0 Å². The average molecular weight is 427 g/mol. The third kappa shape index (κ3) is 4.68. The number of nitrogens with zero attached hydrogens (tertiary/aromatic N) is 3. The van der Waals surface area contributed by atoms with Gasteiger partial charge in [0.2, 0.25) is 11.8 Å². The van der Waals surface area contributed by atoms with Crippen molar-refractivity contribution >= 4 is 11.8 Å². The normalized spacial score (nSPS) is 17.8. The van der Waals surface area contributed by atoms with Crippen molar-refractivity contribution in [2.75, 3.05) is 27.3 Å². The Bertz CT molecular complexity index is 923. The summed E-state index contributed by atoms with van der Waals surface area (Å²) in [4.78, 5) is 31.9. The minimum Gasteiger partial charge on any atom is -0.497 e. The molecule has 4 rings (SSSR count). The number of hydrogen-bond donors (Lipinski definition) is 1. The smallest absolute Gasteiger partial charge is 0.225 e. The maximum Gasteiger partial charge on any atom is 0.225 e. The molecular formula is C23H30N4O4. The van der Waals surface area contributed by atoms with E-state index in [4.69, 9.17) is 9.47 Å². The summed E-state index contributed by atoms with van der Waals surface area (Å²) in [6.45, 7) is 1.29. The van der Waals surface area contributed by atoms with Gasteiger partial charge in [0.25, 0.3) is 0 Å². The summed E-state index contributed by atoms with van der Waals surface area (Å²) in [7, 11) is 5.11. The van der Waals surface area contributed by atoms with Crippen LogP contribution in [0.25, 0.3) is 0 Å². The fourth-order valence-electron chi connectivity index (χ4n) is 4.16. The molecule has 8 nitrogen and oxygen atoms in total. The van der Waals surface area contributed by atoms with Gasteiger partial charge in [0.1, 0.15) is 23.4 Å². The number of likely N-dealkylation sites (tertiary alicyclic amines) is 1. The van der Waals surface area contributed by atoms with E-state index in [-0.39, 0.29) is 23.7 Å². The van der Waals surface area contributed by atoms with E-state index in [0.717, 1.165) is 24.2 Å². The van der Waals surface area contributed by atoms with Crippen LogP contribution in [0, 0.1) is 11.8 Å². The van der Waals surface area contributed by atoms with Crippen LogP contribution >= 0.6 is 0 Å². The lowest BCUT2D eigenvalue weighted by molar-refractivity contribution is -0.136. The maximum atomic E-state index is 13.2. The largest absolute Gasteiger partial charge is 0.497 e. The number of carbonyl (C=O) groups excluding carboxylic acids is 2. The Hall–Kier alpha value is -3.03. The number of ether oxygens (including phenoxy) is 2. The molecule has 2 aromatic rings. The number of hydrogen-bond acceptors (Lipinski definition) is 5. The van der Waals surface area contributed by atoms with Crippen molar-refractivity contribution in [1.82, 2.24) is 19.8 Å². The van der Waals surface area contributed by atoms with E-state index in [9.17, 15) is 9.59 Å². The number of carbonyl (C=O) groups is 2. The number of aryl methyl sites for hydroxylation is 1. The van der Waals surface area contributed by atoms with Crippen LogP contribution in [0.5, 0.6) is 11.5 Å². The van der Waals surface area contributed by atoms with Gasteiger partial charge in [-0.05, 0) is 43.4 Å². The van der Waals surface area contributed by atoms with Crippen LogP contribution in [0.1, 0.15) is 43.1 Å². The van der Waals surface area contributed by atoms with E-state index in [1.807, 2.05) is 34.8 Å². The first-order valence-corrected chi connectivity index (χ1v) is 10.8. The summed E-state index contributed by atoms with van der Waals surface area (Å²) >= 11 is 0. The summed E-state index contributed by atoms with van der Waals surface area (Å²) in [6.07, 6.45) is 6.95. The lowest BCUT2D eigenvalue weighted by atomic mass is 9.94. The van der Waals surface area contributed by atoms with E-state index >= 15 is 0 Å².